The van der Waals surface area contributed by atoms with Crippen molar-refractivity contribution in [1.29, 1.82) is 0 Å². The van der Waals surface area contributed by atoms with Gasteiger partial charge in [-0.15, -0.1) is 0 Å². The van der Waals surface area contributed by atoms with Crippen LogP contribution in [0.3, 0.4) is 0 Å². The average molecular weight is 246 g/mol. The summed E-state index contributed by atoms with van der Waals surface area (Å²) in [6, 6.07) is 5.79. The lowest BCUT2D eigenvalue weighted by Crippen LogP contribution is -2.10. The number of nitrogens with zero attached hydrogens (tertiary/aromatic N) is 2. The van der Waals surface area contributed by atoms with Gasteiger partial charge in [0.2, 0.25) is 0 Å². The summed E-state index contributed by atoms with van der Waals surface area (Å²) in [5.74, 6) is 1.77. The fourth-order valence-corrected chi connectivity index (χ4v) is 1.93. The van der Waals surface area contributed by atoms with Crippen LogP contribution in [0.15, 0.2) is 30.6 Å². The fourth-order valence-electron chi connectivity index (χ4n) is 1.93. The lowest BCUT2D eigenvalue weighted by Gasteiger charge is -2.13. The van der Waals surface area contributed by atoms with E-state index in [2.05, 4.69) is 4.98 Å². The molecule has 0 aliphatic carbocycles. The Labute approximate surface area is 107 Å². The van der Waals surface area contributed by atoms with E-state index in [1.165, 1.54) is 0 Å². The molecule has 2 aromatic rings. The molecule has 18 heavy (non-hydrogen) atoms. The maximum absolute atomic E-state index is 9.28. The third-order valence-corrected chi connectivity index (χ3v) is 2.97. The second-order valence-corrected chi connectivity index (χ2v) is 4.24. The van der Waals surface area contributed by atoms with Crippen LogP contribution < -0.4 is 4.74 Å². The van der Waals surface area contributed by atoms with Crippen molar-refractivity contribution < 1.29 is 9.84 Å². The summed E-state index contributed by atoms with van der Waals surface area (Å²) in [7, 11) is 0. The standard InChI is InChI=1S/C14H18N2O2/c1-11-4-3-5-13(10-17)14(11)18-9-8-16-7-6-15-12(16)2/h3-7,17H,8-10H2,1-2H3. The Morgan fingerprint density at radius 3 is 2.83 bits per heavy atom. The monoisotopic (exact) mass is 246 g/mol. The highest BCUT2D eigenvalue weighted by atomic mass is 16.5. The number of rotatable bonds is 5. The fraction of sp³-hybridized carbons (Fsp3) is 0.357. The van der Waals surface area contributed by atoms with Gasteiger partial charge in [0.25, 0.3) is 0 Å². The van der Waals surface area contributed by atoms with Crippen LogP contribution >= 0.6 is 0 Å². The van der Waals surface area contributed by atoms with Crippen LogP contribution in [0.2, 0.25) is 0 Å². The average Bonchev–Trinajstić information content (AvgIpc) is 2.77. The number of hydrogen-bond acceptors (Lipinski definition) is 3. The molecule has 0 aliphatic heterocycles. The summed E-state index contributed by atoms with van der Waals surface area (Å²) in [5, 5.41) is 9.28. The number of aliphatic hydroxyl groups excluding tert-OH is 1. The minimum Gasteiger partial charge on any atom is -0.491 e. The van der Waals surface area contributed by atoms with Gasteiger partial charge < -0.3 is 14.4 Å². The number of aromatic nitrogens is 2. The Morgan fingerprint density at radius 2 is 2.17 bits per heavy atom. The first kappa shape index (κ1) is 12.6. The van der Waals surface area contributed by atoms with E-state index in [9.17, 15) is 5.11 Å². The summed E-state index contributed by atoms with van der Waals surface area (Å²) in [4.78, 5) is 4.16. The molecular formula is C14H18N2O2. The third kappa shape index (κ3) is 2.71. The Bertz CT molecular complexity index is 520. The van der Waals surface area contributed by atoms with Crippen LogP contribution in [-0.2, 0) is 13.2 Å². The van der Waals surface area contributed by atoms with Crippen molar-refractivity contribution in [2.75, 3.05) is 6.61 Å². The predicted molar refractivity (Wildman–Crippen MR) is 69.6 cm³/mol. The highest BCUT2D eigenvalue weighted by Gasteiger charge is 2.06. The molecule has 0 atom stereocenters. The van der Waals surface area contributed by atoms with Crippen LogP contribution in [0.1, 0.15) is 17.0 Å². The van der Waals surface area contributed by atoms with Gasteiger partial charge in [-0.1, -0.05) is 18.2 Å². The number of aliphatic hydroxyl groups is 1. The summed E-state index contributed by atoms with van der Waals surface area (Å²) >= 11 is 0. The lowest BCUT2D eigenvalue weighted by molar-refractivity contribution is 0.256. The SMILES string of the molecule is Cc1cccc(CO)c1OCCn1ccnc1C. The van der Waals surface area contributed by atoms with Gasteiger partial charge in [-0.05, 0) is 19.4 Å². The lowest BCUT2D eigenvalue weighted by atomic mass is 10.1. The van der Waals surface area contributed by atoms with Gasteiger partial charge in [-0.2, -0.15) is 0 Å². The van der Waals surface area contributed by atoms with Gasteiger partial charge >= 0.3 is 0 Å². The van der Waals surface area contributed by atoms with E-state index in [1.54, 1.807) is 6.20 Å². The smallest absolute Gasteiger partial charge is 0.127 e. The summed E-state index contributed by atoms with van der Waals surface area (Å²) in [6.07, 6.45) is 3.71. The molecule has 0 amide bonds. The Morgan fingerprint density at radius 1 is 1.33 bits per heavy atom. The molecule has 0 aliphatic rings. The van der Waals surface area contributed by atoms with Crippen molar-refractivity contribution in [3.63, 3.8) is 0 Å². The van der Waals surface area contributed by atoms with Crippen molar-refractivity contribution >= 4 is 0 Å². The Balaban J connectivity index is 2.00. The molecule has 0 saturated heterocycles. The van der Waals surface area contributed by atoms with E-state index in [0.29, 0.717) is 6.61 Å². The van der Waals surface area contributed by atoms with Crippen molar-refractivity contribution in [3.8, 4) is 5.75 Å². The zero-order valence-corrected chi connectivity index (χ0v) is 10.8. The van der Waals surface area contributed by atoms with Gasteiger partial charge in [0, 0.05) is 18.0 Å². The van der Waals surface area contributed by atoms with Gasteiger partial charge in [0.15, 0.2) is 0 Å². The van der Waals surface area contributed by atoms with E-state index in [4.69, 9.17) is 4.74 Å². The van der Waals surface area contributed by atoms with E-state index >= 15 is 0 Å². The maximum Gasteiger partial charge on any atom is 0.127 e. The minimum absolute atomic E-state index is 0.00111. The normalized spacial score (nSPS) is 10.6. The molecule has 0 unspecified atom stereocenters. The van der Waals surface area contributed by atoms with Gasteiger partial charge in [-0.3, -0.25) is 0 Å². The summed E-state index contributed by atoms with van der Waals surface area (Å²) in [5.41, 5.74) is 1.88. The summed E-state index contributed by atoms with van der Waals surface area (Å²) in [6.45, 7) is 5.27. The molecule has 1 N–H and O–H groups in total. The molecule has 0 radical (unpaired) electrons. The van der Waals surface area contributed by atoms with Crippen molar-refractivity contribution in [2.45, 2.75) is 27.0 Å². The molecule has 0 saturated carbocycles. The van der Waals surface area contributed by atoms with E-state index < -0.39 is 0 Å². The zero-order valence-electron chi connectivity index (χ0n) is 10.8. The zero-order chi connectivity index (χ0) is 13.0. The van der Waals surface area contributed by atoms with Crippen LogP contribution in [0.4, 0.5) is 0 Å². The van der Waals surface area contributed by atoms with Crippen molar-refractivity contribution in [2.24, 2.45) is 0 Å². The largest absolute Gasteiger partial charge is 0.491 e. The van der Waals surface area contributed by atoms with Crippen LogP contribution in [-0.4, -0.2) is 21.3 Å². The van der Waals surface area contributed by atoms with Crippen LogP contribution in [0, 0.1) is 13.8 Å². The van der Waals surface area contributed by atoms with Gasteiger partial charge in [0.1, 0.15) is 18.2 Å². The Hall–Kier alpha value is -1.81. The molecule has 4 heteroatoms. The molecule has 0 bridgehead atoms. The first-order chi connectivity index (χ1) is 8.72. The second-order valence-electron chi connectivity index (χ2n) is 4.24. The highest BCUT2D eigenvalue weighted by Crippen LogP contribution is 2.23. The quantitative estimate of drug-likeness (QED) is 0.878. The third-order valence-electron chi connectivity index (χ3n) is 2.97. The minimum atomic E-state index is 0.00111. The summed E-state index contributed by atoms with van der Waals surface area (Å²) < 4.78 is 7.82. The first-order valence-corrected chi connectivity index (χ1v) is 6.02. The topological polar surface area (TPSA) is 47.3 Å². The maximum atomic E-state index is 9.28. The first-order valence-electron chi connectivity index (χ1n) is 6.02. The second kappa shape index (κ2) is 5.69. The van der Waals surface area contributed by atoms with E-state index in [1.807, 2.05) is 42.8 Å². The number of aryl methyl sites for hydroxylation is 2. The molecule has 1 aromatic heterocycles. The molecule has 4 nitrogen and oxygen atoms in total. The number of benzene rings is 1. The van der Waals surface area contributed by atoms with Crippen molar-refractivity contribution in [1.82, 2.24) is 9.55 Å². The molecule has 0 fully saturated rings. The van der Waals surface area contributed by atoms with Gasteiger partial charge in [0.05, 0.1) is 13.2 Å². The number of ether oxygens (including phenoxy) is 1. The number of para-hydroxylation sites is 1. The van der Waals surface area contributed by atoms with Gasteiger partial charge in [-0.25, -0.2) is 4.98 Å². The molecular weight excluding hydrogens is 228 g/mol. The highest BCUT2D eigenvalue weighted by molar-refractivity contribution is 5.40. The molecule has 96 valence electrons. The number of imidazole rings is 1. The molecule has 0 spiro atoms. The van der Waals surface area contributed by atoms with Crippen molar-refractivity contribution in [3.05, 3.63) is 47.5 Å². The Kier molecular flexibility index (Phi) is 3.99. The van der Waals surface area contributed by atoms with E-state index in [0.717, 1.165) is 29.2 Å². The molecule has 1 aromatic carbocycles. The van der Waals surface area contributed by atoms with E-state index in [-0.39, 0.29) is 6.61 Å². The van der Waals surface area contributed by atoms with Crippen LogP contribution in [0.5, 0.6) is 5.75 Å². The molecule has 2 rings (SSSR count). The molecule has 1 heterocycles. The van der Waals surface area contributed by atoms with Crippen LogP contribution in [0.25, 0.3) is 0 Å². The number of hydrogen-bond donors (Lipinski definition) is 1. The predicted octanol–water partition coefficient (Wildman–Crippen LogP) is 2.07.